The van der Waals surface area contributed by atoms with Gasteiger partial charge in [0, 0.05) is 11.8 Å². The molecule has 4 nitrogen and oxygen atoms in total. The van der Waals surface area contributed by atoms with Crippen molar-refractivity contribution < 1.29 is 27.8 Å². The van der Waals surface area contributed by atoms with Crippen LogP contribution >= 0.6 is 0 Å². The van der Waals surface area contributed by atoms with Gasteiger partial charge in [0.15, 0.2) is 0 Å². The maximum Gasteiger partial charge on any atom is 0.573 e. The molecular weight excluding hydrogens is 275 g/mol. The number of nitrogens with zero attached hydrogens (tertiary/aromatic N) is 1. The Hall–Kier alpha value is -2.57. The summed E-state index contributed by atoms with van der Waals surface area (Å²) in [4.78, 5) is 14.6. The number of carboxylic acid groups (broad SMARTS) is 1. The van der Waals surface area contributed by atoms with Gasteiger partial charge >= 0.3 is 12.3 Å². The van der Waals surface area contributed by atoms with E-state index in [0.29, 0.717) is 11.3 Å². The Kier molecular flexibility index (Phi) is 3.60. The zero-order chi connectivity index (χ0) is 14.8. The molecule has 0 saturated carbocycles. The minimum atomic E-state index is -4.76. The summed E-state index contributed by atoms with van der Waals surface area (Å²) in [6.07, 6.45) is -3.63. The van der Waals surface area contributed by atoms with Crippen LogP contribution in [0.1, 0.15) is 10.4 Å². The van der Waals surface area contributed by atoms with Crippen LogP contribution in [0.2, 0.25) is 0 Å². The molecule has 0 radical (unpaired) electrons. The molecule has 0 bridgehead atoms. The molecule has 0 aliphatic heterocycles. The van der Waals surface area contributed by atoms with Crippen LogP contribution in [0, 0.1) is 0 Å². The van der Waals surface area contributed by atoms with Crippen LogP contribution in [0.3, 0.4) is 0 Å². The molecule has 0 atom stereocenters. The summed E-state index contributed by atoms with van der Waals surface area (Å²) < 4.78 is 40.1. The molecule has 0 unspecified atom stereocenters. The number of aromatic carboxylic acids is 1. The van der Waals surface area contributed by atoms with Crippen molar-refractivity contribution in [3.05, 3.63) is 48.2 Å². The van der Waals surface area contributed by atoms with Crippen molar-refractivity contribution in [3.63, 3.8) is 0 Å². The monoisotopic (exact) mass is 283 g/mol. The number of hydrogen-bond acceptors (Lipinski definition) is 3. The standard InChI is InChI=1S/C13H8F3NO3/c14-13(15,16)20-10-3-1-2-8(6-10)11-5-4-9(7-17-11)12(18)19/h1-7H,(H,18,19). The van der Waals surface area contributed by atoms with E-state index in [1.807, 2.05) is 0 Å². The number of benzene rings is 1. The topological polar surface area (TPSA) is 59.4 Å². The SMILES string of the molecule is O=C(O)c1ccc(-c2cccc(OC(F)(F)F)c2)nc1. The van der Waals surface area contributed by atoms with Crippen molar-refractivity contribution in [1.29, 1.82) is 0 Å². The first kappa shape index (κ1) is 13.9. The van der Waals surface area contributed by atoms with Crippen LogP contribution in [0.5, 0.6) is 5.75 Å². The van der Waals surface area contributed by atoms with E-state index in [9.17, 15) is 18.0 Å². The van der Waals surface area contributed by atoms with E-state index in [1.165, 1.54) is 30.3 Å². The summed E-state index contributed by atoms with van der Waals surface area (Å²) in [6.45, 7) is 0. The molecule has 2 rings (SSSR count). The van der Waals surface area contributed by atoms with Gasteiger partial charge in [-0.15, -0.1) is 13.2 Å². The van der Waals surface area contributed by atoms with E-state index in [1.54, 1.807) is 6.07 Å². The van der Waals surface area contributed by atoms with E-state index in [0.717, 1.165) is 6.20 Å². The first-order valence-electron chi connectivity index (χ1n) is 5.41. The summed E-state index contributed by atoms with van der Waals surface area (Å²) in [6, 6.07) is 8.02. The minimum Gasteiger partial charge on any atom is -0.478 e. The van der Waals surface area contributed by atoms with Gasteiger partial charge in [-0.3, -0.25) is 4.98 Å². The van der Waals surface area contributed by atoms with Crippen molar-refractivity contribution in [3.8, 4) is 17.0 Å². The van der Waals surface area contributed by atoms with E-state index in [-0.39, 0.29) is 11.3 Å². The molecule has 1 heterocycles. The Balaban J connectivity index is 2.28. The highest BCUT2D eigenvalue weighted by Crippen LogP contribution is 2.27. The number of alkyl halides is 3. The van der Waals surface area contributed by atoms with Crippen molar-refractivity contribution in [2.24, 2.45) is 0 Å². The maximum atomic E-state index is 12.1. The summed E-state index contributed by atoms with van der Waals surface area (Å²) in [5.41, 5.74) is 0.739. The van der Waals surface area contributed by atoms with E-state index < -0.39 is 12.3 Å². The van der Waals surface area contributed by atoms with Crippen molar-refractivity contribution in [2.45, 2.75) is 6.36 Å². The molecule has 1 aromatic heterocycles. The predicted molar refractivity (Wildman–Crippen MR) is 63.3 cm³/mol. The fourth-order valence-electron chi connectivity index (χ4n) is 1.54. The molecule has 0 aliphatic carbocycles. The van der Waals surface area contributed by atoms with Crippen molar-refractivity contribution in [2.75, 3.05) is 0 Å². The molecule has 0 saturated heterocycles. The van der Waals surface area contributed by atoms with Crippen LogP contribution < -0.4 is 4.74 Å². The van der Waals surface area contributed by atoms with Gasteiger partial charge in [0.05, 0.1) is 11.3 Å². The third kappa shape index (κ3) is 3.47. The average molecular weight is 283 g/mol. The molecule has 0 spiro atoms. The molecule has 0 aliphatic rings. The summed E-state index contributed by atoms with van der Waals surface area (Å²) in [5, 5.41) is 8.73. The number of carboxylic acids is 1. The Morgan fingerprint density at radius 3 is 2.50 bits per heavy atom. The van der Waals surface area contributed by atoms with Gasteiger partial charge in [0.2, 0.25) is 0 Å². The van der Waals surface area contributed by atoms with Crippen molar-refractivity contribution in [1.82, 2.24) is 4.98 Å². The lowest BCUT2D eigenvalue weighted by Gasteiger charge is -2.09. The van der Waals surface area contributed by atoms with Crippen LogP contribution in [0.4, 0.5) is 13.2 Å². The number of halogens is 3. The lowest BCUT2D eigenvalue weighted by molar-refractivity contribution is -0.274. The Morgan fingerprint density at radius 2 is 1.95 bits per heavy atom. The van der Waals surface area contributed by atoms with Gasteiger partial charge in [-0.05, 0) is 24.3 Å². The molecule has 1 N–H and O–H groups in total. The molecule has 7 heteroatoms. The fourth-order valence-corrected chi connectivity index (χ4v) is 1.54. The van der Waals surface area contributed by atoms with E-state index in [4.69, 9.17) is 5.11 Å². The highest BCUT2D eigenvalue weighted by atomic mass is 19.4. The summed E-state index contributed by atoms with van der Waals surface area (Å²) in [7, 11) is 0. The fraction of sp³-hybridized carbons (Fsp3) is 0.0769. The zero-order valence-corrected chi connectivity index (χ0v) is 9.89. The molecule has 20 heavy (non-hydrogen) atoms. The smallest absolute Gasteiger partial charge is 0.478 e. The lowest BCUT2D eigenvalue weighted by atomic mass is 10.1. The molecule has 104 valence electrons. The van der Waals surface area contributed by atoms with Gasteiger partial charge in [-0.25, -0.2) is 4.79 Å². The minimum absolute atomic E-state index is 0.00329. The van der Waals surface area contributed by atoms with Crippen LogP contribution in [-0.2, 0) is 0 Å². The number of rotatable bonds is 3. The predicted octanol–water partition coefficient (Wildman–Crippen LogP) is 3.35. The summed E-state index contributed by atoms with van der Waals surface area (Å²) in [5.74, 6) is -1.49. The molecular formula is C13H8F3NO3. The Labute approximate surface area is 111 Å². The Bertz CT molecular complexity index is 624. The Morgan fingerprint density at radius 1 is 1.20 bits per heavy atom. The second-order valence-electron chi connectivity index (χ2n) is 3.81. The number of aromatic nitrogens is 1. The largest absolute Gasteiger partial charge is 0.573 e. The quantitative estimate of drug-likeness (QED) is 0.938. The molecule has 0 fully saturated rings. The van der Waals surface area contributed by atoms with Crippen molar-refractivity contribution >= 4 is 5.97 Å². The number of ether oxygens (including phenoxy) is 1. The third-order valence-corrected chi connectivity index (χ3v) is 2.37. The summed E-state index contributed by atoms with van der Waals surface area (Å²) >= 11 is 0. The van der Waals surface area contributed by atoms with Crippen LogP contribution in [0.25, 0.3) is 11.3 Å². The second kappa shape index (κ2) is 5.20. The number of hydrogen-bond donors (Lipinski definition) is 1. The lowest BCUT2D eigenvalue weighted by Crippen LogP contribution is -2.17. The molecule has 2 aromatic rings. The van der Waals surface area contributed by atoms with Crippen LogP contribution in [0.15, 0.2) is 42.6 Å². The van der Waals surface area contributed by atoms with Gasteiger partial charge in [0.25, 0.3) is 0 Å². The third-order valence-electron chi connectivity index (χ3n) is 2.37. The molecule has 1 aromatic carbocycles. The highest BCUT2D eigenvalue weighted by Gasteiger charge is 2.31. The first-order valence-corrected chi connectivity index (χ1v) is 5.41. The number of carbonyl (C=O) groups is 1. The molecule has 0 amide bonds. The maximum absolute atomic E-state index is 12.1. The van der Waals surface area contributed by atoms with E-state index in [2.05, 4.69) is 9.72 Å². The average Bonchev–Trinajstić information content (AvgIpc) is 2.37. The first-order chi connectivity index (χ1) is 9.35. The van der Waals surface area contributed by atoms with Gasteiger partial charge in [0.1, 0.15) is 5.75 Å². The second-order valence-corrected chi connectivity index (χ2v) is 3.81. The van der Waals surface area contributed by atoms with E-state index >= 15 is 0 Å². The zero-order valence-electron chi connectivity index (χ0n) is 9.89. The highest BCUT2D eigenvalue weighted by molar-refractivity contribution is 5.87. The number of pyridine rings is 1. The van der Waals surface area contributed by atoms with Crippen LogP contribution in [-0.4, -0.2) is 22.4 Å². The normalized spacial score (nSPS) is 11.2. The van der Waals surface area contributed by atoms with Gasteiger partial charge < -0.3 is 9.84 Å². The van der Waals surface area contributed by atoms with Gasteiger partial charge in [-0.2, -0.15) is 0 Å². The van der Waals surface area contributed by atoms with Gasteiger partial charge in [-0.1, -0.05) is 12.1 Å².